The fourth-order valence-corrected chi connectivity index (χ4v) is 5.65. The van der Waals surface area contributed by atoms with Crippen LogP contribution in [0.2, 0.25) is 0 Å². The van der Waals surface area contributed by atoms with E-state index < -0.39 is 36.3 Å². The minimum atomic E-state index is -0.557. The number of carbonyl (C=O) groups excluding carboxylic acids is 6. The van der Waals surface area contributed by atoms with Crippen molar-refractivity contribution in [1.82, 2.24) is 10.6 Å². The highest BCUT2D eigenvalue weighted by Crippen LogP contribution is 2.20. The molecule has 4 N–H and O–H groups in total. The number of esters is 3. The Hall–Kier alpha value is -3.09. The predicted octanol–water partition coefficient (Wildman–Crippen LogP) is 8.28. The number of ether oxygens (including phenoxy) is 6. The lowest BCUT2D eigenvalue weighted by Crippen LogP contribution is -2.34. The van der Waals surface area contributed by atoms with Gasteiger partial charge in [0, 0.05) is 41.5 Å². The van der Waals surface area contributed by atoms with Crippen LogP contribution in [0.4, 0.5) is 14.4 Å². The first-order valence-corrected chi connectivity index (χ1v) is 23.4. The van der Waals surface area contributed by atoms with Crippen molar-refractivity contribution in [1.29, 1.82) is 0 Å². The molecule has 1 heterocycles. The molecule has 4 atom stereocenters. The van der Waals surface area contributed by atoms with E-state index in [0.29, 0.717) is 46.9 Å². The lowest BCUT2D eigenvalue weighted by molar-refractivity contribution is -0.151. The van der Waals surface area contributed by atoms with Gasteiger partial charge in [-0.25, -0.2) is 24.0 Å². The zero-order valence-corrected chi connectivity index (χ0v) is 40.5. The molecule has 1 saturated heterocycles. The Morgan fingerprint density at radius 2 is 1.33 bits per heavy atom. The lowest BCUT2D eigenvalue weighted by atomic mass is 9.99. The molecule has 0 aromatic carbocycles. The average molecular weight is 912 g/mol. The van der Waals surface area contributed by atoms with Crippen molar-refractivity contribution in [3.63, 3.8) is 0 Å². The minimum absolute atomic E-state index is 0.0175. The third kappa shape index (κ3) is 39.1. The van der Waals surface area contributed by atoms with Crippen LogP contribution in [-0.2, 0) is 42.8 Å². The number of carbonyl (C=O) groups is 6. The highest BCUT2D eigenvalue weighted by molar-refractivity contribution is 8.13. The summed E-state index contributed by atoms with van der Waals surface area (Å²) in [5, 5.41) is 5.45. The van der Waals surface area contributed by atoms with Crippen molar-refractivity contribution < 1.29 is 57.2 Å². The molecule has 350 valence electrons. The zero-order valence-electron chi connectivity index (χ0n) is 37.9. The number of alkyl carbamates (subject to hydrolysis) is 2. The Morgan fingerprint density at radius 1 is 0.833 bits per heavy atom. The number of amides is 2. The fourth-order valence-electron chi connectivity index (χ4n) is 4.02. The molecule has 0 bridgehead atoms. The maximum Gasteiger partial charge on any atom is 0.407 e. The number of hydrogen-bond acceptors (Lipinski definition) is 16. The second kappa shape index (κ2) is 40.0. The molecule has 60 heavy (non-hydrogen) atoms. The van der Waals surface area contributed by atoms with Gasteiger partial charge >= 0.3 is 35.4 Å². The van der Waals surface area contributed by atoms with Gasteiger partial charge in [0.2, 0.25) is 0 Å². The quantitative estimate of drug-likeness (QED) is 0.0223. The highest BCUT2D eigenvalue weighted by Gasteiger charge is 2.25. The van der Waals surface area contributed by atoms with E-state index in [1.165, 1.54) is 12.8 Å². The molecule has 0 radical (unpaired) electrons. The Kier molecular flexibility index (Phi) is 40.8. The van der Waals surface area contributed by atoms with Crippen molar-refractivity contribution in [2.75, 3.05) is 56.7 Å². The van der Waals surface area contributed by atoms with Crippen molar-refractivity contribution in [2.24, 2.45) is 17.6 Å². The number of hydrogen-bond donors (Lipinski definition) is 4. The van der Waals surface area contributed by atoms with E-state index >= 15 is 0 Å². The van der Waals surface area contributed by atoms with Gasteiger partial charge in [0.25, 0.3) is 0 Å². The Bertz CT molecular complexity index is 1240. The standard InChI is InChI=1S/C18H35NO4S.C12H21NO4S.C8H10O4S.C4H11N/c1-7-8-9-19-18(21)23-16(12-24-14(4)5)11-22-17(20)15(6)10-13(2)3;1-4-5-6-13-12(15)17-10(8-18)7-16-11(14)9(2)3;1-5(2)7(9)11-3-6-4-13-8(10)12-6;1-2-3-4-5/h13-16H,7-12H2,1-6H3,(H,19,21);10,18H,2,4-8H2,1,3H3,(H,13,15);6H,1,3-4H2,2H3;2-5H2,1H3. The van der Waals surface area contributed by atoms with Crippen LogP contribution in [0.1, 0.15) is 114 Å². The SMILES string of the molecule is C=C(C)C(=O)OCC(CS)OC(=O)NCCCC.C=C(C)C(=O)OCC1CSC(=O)O1.CCCCN.CCCCNC(=O)OC(COC(=O)C(C)CC(C)C)CSC(C)C. The van der Waals surface area contributed by atoms with Crippen molar-refractivity contribution in [2.45, 2.75) is 138 Å². The van der Waals surface area contributed by atoms with Crippen LogP contribution < -0.4 is 16.4 Å². The number of cyclic esters (lactones) is 1. The molecule has 1 fully saturated rings. The van der Waals surface area contributed by atoms with E-state index in [1.807, 2.05) is 13.8 Å². The van der Waals surface area contributed by atoms with Crippen molar-refractivity contribution in [3.05, 3.63) is 24.3 Å². The van der Waals surface area contributed by atoms with Crippen LogP contribution in [0.15, 0.2) is 24.3 Å². The second-order valence-corrected chi connectivity index (χ2v) is 17.5. The zero-order chi connectivity index (χ0) is 46.5. The van der Waals surface area contributed by atoms with Crippen LogP contribution >= 0.6 is 36.2 Å². The van der Waals surface area contributed by atoms with E-state index in [4.69, 9.17) is 34.2 Å². The highest BCUT2D eigenvalue weighted by atomic mass is 32.2. The summed E-state index contributed by atoms with van der Waals surface area (Å²) < 4.78 is 30.3. The van der Waals surface area contributed by atoms with Gasteiger partial charge in [-0.15, -0.1) is 0 Å². The molecule has 18 heteroatoms. The molecule has 0 aromatic heterocycles. The Labute approximate surface area is 374 Å². The third-order valence-electron chi connectivity index (χ3n) is 7.31. The fraction of sp³-hybridized carbons (Fsp3) is 0.762. The van der Waals surface area contributed by atoms with Crippen LogP contribution in [0.3, 0.4) is 0 Å². The summed E-state index contributed by atoms with van der Waals surface area (Å²) in [6, 6.07) is 0. The lowest BCUT2D eigenvalue weighted by Gasteiger charge is -2.20. The second-order valence-electron chi connectivity index (χ2n) is 14.5. The van der Waals surface area contributed by atoms with E-state index in [9.17, 15) is 28.8 Å². The van der Waals surface area contributed by atoms with Crippen LogP contribution in [0, 0.1) is 11.8 Å². The monoisotopic (exact) mass is 911 g/mol. The van der Waals surface area contributed by atoms with E-state index in [0.717, 1.165) is 50.4 Å². The summed E-state index contributed by atoms with van der Waals surface area (Å²) in [6.07, 6.45) is 4.75. The smallest absolute Gasteiger partial charge is 0.407 e. The summed E-state index contributed by atoms with van der Waals surface area (Å²) in [4.78, 5) is 67.9. The molecular formula is C42H77N3O12S3. The Morgan fingerprint density at radius 3 is 1.73 bits per heavy atom. The summed E-state index contributed by atoms with van der Waals surface area (Å²) in [5.74, 6) is 0.572. The van der Waals surface area contributed by atoms with Gasteiger partial charge in [-0.1, -0.05) is 87.8 Å². The van der Waals surface area contributed by atoms with Crippen LogP contribution in [-0.4, -0.2) is 116 Å². The molecule has 4 unspecified atom stereocenters. The largest absolute Gasteiger partial charge is 0.461 e. The van der Waals surface area contributed by atoms with Gasteiger partial charge in [-0.2, -0.15) is 24.4 Å². The number of thioether (sulfide) groups is 2. The number of rotatable bonds is 25. The first-order chi connectivity index (χ1) is 28.3. The van der Waals surface area contributed by atoms with Crippen molar-refractivity contribution in [3.8, 4) is 0 Å². The van der Waals surface area contributed by atoms with E-state index in [-0.39, 0.29) is 48.9 Å². The molecule has 1 rings (SSSR count). The number of nitrogens with one attached hydrogen (secondary N) is 2. The topological polar surface area (TPSA) is 208 Å². The van der Waals surface area contributed by atoms with Gasteiger partial charge in [0.15, 0.2) is 0 Å². The van der Waals surface area contributed by atoms with Gasteiger partial charge < -0.3 is 44.8 Å². The minimum Gasteiger partial charge on any atom is -0.461 e. The van der Waals surface area contributed by atoms with Crippen molar-refractivity contribution >= 4 is 71.5 Å². The molecule has 0 aromatic rings. The summed E-state index contributed by atoms with van der Waals surface area (Å²) in [5.41, 5.74) is 5.79. The Balaban J connectivity index is -0.000000794. The molecule has 15 nitrogen and oxygen atoms in total. The molecule has 1 aliphatic rings. The normalized spacial score (nSPS) is 14.2. The maximum atomic E-state index is 12.0. The van der Waals surface area contributed by atoms with Crippen LogP contribution in [0.25, 0.3) is 0 Å². The molecule has 2 amide bonds. The molecule has 0 spiro atoms. The molecule has 0 aliphatic carbocycles. The van der Waals surface area contributed by atoms with Crippen LogP contribution in [0.5, 0.6) is 0 Å². The first-order valence-electron chi connectivity index (χ1n) is 20.7. The summed E-state index contributed by atoms with van der Waals surface area (Å²) in [7, 11) is 0. The number of nitrogens with two attached hydrogens (primary N) is 1. The maximum absolute atomic E-state index is 12.0. The predicted molar refractivity (Wildman–Crippen MR) is 246 cm³/mol. The summed E-state index contributed by atoms with van der Waals surface area (Å²) >= 11 is 6.81. The van der Waals surface area contributed by atoms with Gasteiger partial charge in [0.1, 0.15) is 38.1 Å². The summed E-state index contributed by atoms with van der Waals surface area (Å²) in [6.45, 7) is 28.6. The van der Waals surface area contributed by atoms with E-state index in [1.54, 1.807) is 25.6 Å². The molecule has 1 aliphatic heterocycles. The van der Waals surface area contributed by atoms with Gasteiger partial charge in [-0.05, 0) is 69.0 Å². The molecular weight excluding hydrogens is 835 g/mol. The third-order valence-corrected chi connectivity index (χ3v) is 9.82. The first kappa shape index (κ1) is 61.2. The number of unbranched alkanes of at least 4 members (excludes halogenated alkanes) is 3. The average Bonchev–Trinajstić information content (AvgIpc) is 3.61. The van der Waals surface area contributed by atoms with Gasteiger partial charge in [-0.3, -0.25) is 4.79 Å². The molecule has 0 saturated carbocycles. The van der Waals surface area contributed by atoms with E-state index in [2.05, 4.69) is 78.0 Å². The number of thiol groups is 1. The van der Waals surface area contributed by atoms with Gasteiger partial charge in [0.05, 0.1) is 5.92 Å².